The van der Waals surface area contributed by atoms with E-state index in [1.54, 1.807) is 0 Å². The molecule has 0 amide bonds. The molecule has 1 rings (SSSR count). The van der Waals surface area contributed by atoms with E-state index in [-0.39, 0.29) is 5.78 Å². The van der Waals surface area contributed by atoms with Gasteiger partial charge in [-0.15, -0.1) is 0 Å². The zero-order valence-electron chi connectivity index (χ0n) is 11.9. The molecule has 0 saturated heterocycles. The van der Waals surface area contributed by atoms with Crippen LogP contribution in [0.3, 0.4) is 0 Å². The van der Waals surface area contributed by atoms with Crippen LogP contribution in [0.2, 0.25) is 5.02 Å². The van der Waals surface area contributed by atoms with Crippen LogP contribution in [0, 0.1) is 12.8 Å². The molecule has 0 spiro atoms. The molecule has 1 aromatic carbocycles. The summed E-state index contributed by atoms with van der Waals surface area (Å²) >= 11 is 6.14. The molecule has 0 aliphatic rings. The Kier molecular flexibility index (Phi) is 7.11. The van der Waals surface area contributed by atoms with E-state index in [1.807, 2.05) is 25.1 Å². The van der Waals surface area contributed by atoms with Crippen LogP contribution in [0.15, 0.2) is 18.2 Å². The minimum atomic E-state index is 0.265. The molecule has 0 aliphatic carbocycles. The second-order valence-corrected chi connectivity index (χ2v) is 5.61. The quantitative estimate of drug-likeness (QED) is 0.785. The van der Waals surface area contributed by atoms with Gasteiger partial charge < -0.3 is 5.73 Å². The van der Waals surface area contributed by atoms with Gasteiger partial charge in [0.25, 0.3) is 0 Å². The zero-order chi connectivity index (χ0) is 14.3. The molecule has 3 heteroatoms. The molecule has 106 valence electrons. The van der Waals surface area contributed by atoms with Crippen molar-refractivity contribution >= 4 is 17.4 Å². The number of rotatable bonds is 8. The summed E-state index contributed by atoms with van der Waals surface area (Å²) in [5.74, 6) is 0.837. The largest absolute Gasteiger partial charge is 0.330 e. The number of hydrogen-bond acceptors (Lipinski definition) is 2. The topological polar surface area (TPSA) is 43.1 Å². The molecule has 0 aromatic heterocycles. The smallest absolute Gasteiger partial charge is 0.137 e. The van der Waals surface area contributed by atoms with Crippen molar-refractivity contribution in [2.75, 3.05) is 6.54 Å². The van der Waals surface area contributed by atoms with Gasteiger partial charge in [-0.3, -0.25) is 4.79 Å². The molecule has 2 nitrogen and oxygen atoms in total. The van der Waals surface area contributed by atoms with Crippen LogP contribution in [-0.2, 0) is 11.2 Å². The summed E-state index contributed by atoms with van der Waals surface area (Å²) in [6.45, 7) is 4.86. The molecule has 1 aromatic rings. The first-order valence-electron chi connectivity index (χ1n) is 7.03. The molecule has 19 heavy (non-hydrogen) atoms. The Hall–Kier alpha value is -0.860. The lowest BCUT2D eigenvalue weighted by molar-refractivity contribution is -0.118. The van der Waals surface area contributed by atoms with Crippen LogP contribution >= 0.6 is 11.6 Å². The van der Waals surface area contributed by atoms with Gasteiger partial charge in [0.2, 0.25) is 0 Å². The maximum atomic E-state index is 12.0. The molecule has 0 bridgehead atoms. The Morgan fingerprint density at radius 1 is 1.37 bits per heavy atom. The van der Waals surface area contributed by atoms with Crippen molar-refractivity contribution in [2.45, 2.75) is 46.0 Å². The molecule has 0 fully saturated rings. The lowest BCUT2D eigenvalue weighted by Gasteiger charge is -2.12. The molecule has 1 unspecified atom stereocenters. The Balaban J connectivity index is 2.46. The van der Waals surface area contributed by atoms with E-state index >= 15 is 0 Å². The third kappa shape index (κ3) is 5.75. The van der Waals surface area contributed by atoms with E-state index in [1.165, 1.54) is 0 Å². The van der Waals surface area contributed by atoms with Crippen molar-refractivity contribution in [1.29, 1.82) is 0 Å². The van der Waals surface area contributed by atoms with Gasteiger partial charge in [-0.1, -0.05) is 37.1 Å². The summed E-state index contributed by atoms with van der Waals surface area (Å²) in [7, 11) is 0. The molecule has 1 atom stereocenters. The maximum absolute atomic E-state index is 12.0. The fourth-order valence-corrected chi connectivity index (χ4v) is 2.55. The Labute approximate surface area is 121 Å². The van der Waals surface area contributed by atoms with E-state index in [0.29, 0.717) is 30.3 Å². The number of carbonyl (C=O) groups is 1. The average molecular weight is 282 g/mol. The van der Waals surface area contributed by atoms with E-state index < -0.39 is 0 Å². The minimum Gasteiger partial charge on any atom is -0.330 e. The zero-order valence-corrected chi connectivity index (χ0v) is 12.7. The Morgan fingerprint density at radius 3 is 2.68 bits per heavy atom. The Morgan fingerprint density at radius 2 is 2.11 bits per heavy atom. The number of carbonyl (C=O) groups excluding carboxylic acids is 1. The number of nitrogens with two attached hydrogens (primary N) is 1. The third-order valence-corrected chi connectivity index (χ3v) is 3.93. The molecule has 0 radical (unpaired) electrons. The van der Waals surface area contributed by atoms with E-state index in [4.69, 9.17) is 17.3 Å². The highest BCUT2D eigenvalue weighted by Crippen LogP contribution is 2.20. The van der Waals surface area contributed by atoms with Gasteiger partial charge in [0.1, 0.15) is 5.78 Å². The number of Topliss-reactive ketones (excluding diaryl/α,β-unsaturated/α-hetero) is 1. The predicted molar refractivity (Wildman–Crippen MR) is 81.6 cm³/mol. The molecule has 0 aliphatic heterocycles. The van der Waals surface area contributed by atoms with Crippen molar-refractivity contribution in [1.82, 2.24) is 0 Å². The number of aryl methyl sites for hydroxylation is 1. The summed E-state index contributed by atoms with van der Waals surface area (Å²) < 4.78 is 0. The average Bonchev–Trinajstić information content (AvgIpc) is 2.38. The Bertz CT molecular complexity index is 417. The van der Waals surface area contributed by atoms with Crippen LogP contribution in [-0.4, -0.2) is 12.3 Å². The van der Waals surface area contributed by atoms with Crippen molar-refractivity contribution in [3.63, 3.8) is 0 Å². The van der Waals surface area contributed by atoms with Crippen LogP contribution in [0.5, 0.6) is 0 Å². The first-order chi connectivity index (χ1) is 9.06. The van der Waals surface area contributed by atoms with E-state index in [2.05, 4.69) is 6.92 Å². The lowest BCUT2D eigenvalue weighted by atomic mass is 9.94. The van der Waals surface area contributed by atoms with Crippen molar-refractivity contribution in [2.24, 2.45) is 11.7 Å². The first kappa shape index (κ1) is 16.2. The highest BCUT2D eigenvalue weighted by molar-refractivity contribution is 6.31. The van der Waals surface area contributed by atoms with E-state index in [9.17, 15) is 4.79 Å². The fraction of sp³-hybridized carbons (Fsp3) is 0.562. The van der Waals surface area contributed by atoms with E-state index in [0.717, 1.165) is 30.4 Å². The lowest BCUT2D eigenvalue weighted by Crippen LogP contribution is -2.11. The normalized spacial score (nSPS) is 12.4. The van der Waals surface area contributed by atoms with Gasteiger partial charge >= 0.3 is 0 Å². The monoisotopic (exact) mass is 281 g/mol. The van der Waals surface area contributed by atoms with Crippen molar-refractivity contribution in [3.8, 4) is 0 Å². The van der Waals surface area contributed by atoms with Gasteiger partial charge in [-0.25, -0.2) is 0 Å². The van der Waals surface area contributed by atoms with Gasteiger partial charge in [-0.05, 0) is 49.4 Å². The highest BCUT2D eigenvalue weighted by Gasteiger charge is 2.11. The van der Waals surface area contributed by atoms with Gasteiger partial charge in [-0.2, -0.15) is 0 Å². The summed E-state index contributed by atoms with van der Waals surface area (Å²) in [5.41, 5.74) is 7.62. The maximum Gasteiger partial charge on any atom is 0.137 e. The molecule has 2 N–H and O–H groups in total. The number of halogens is 1. The number of ketones is 1. The summed E-state index contributed by atoms with van der Waals surface area (Å²) in [4.78, 5) is 12.0. The van der Waals surface area contributed by atoms with Crippen molar-refractivity contribution in [3.05, 3.63) is 34.3 Å². The van der Waals surface area contributed by atoms with Crippen LogP contribution < -0.4 is 5.73 Å². The third-order valence-electron chi connectivity index (χ3n) is 3.58. The number of benzene rings is 1. The van der Waals surface area contributed by atoms with Gasteiger partial charge in [0.15, 0.2) is 0 Å². The summed E-state index contributed by atoms with van der Waals surface area (Å²) in [5, 5.41) is 0.697. The molecule has 0 heterocycles. The first-order valence-corrected chi connectivity index (χ1v) is 7.41. The highest BCUT2D eigenvalue weighted by atomic mass is 35.5. The minimum absolute atomic E-state index is 0.265. The second kappa shape index (κ2) is 8.34. The van der Waals surface area contributed by atoms with Gasteiger partial charge in [0, 0.05) is 17.9 Å². The molecular formula is C16H24ClNO. The number of hydrogen-bond donors (Lipinski definition) is 1. The standard InChI is InChI=1S/C16H24ClNO/c1-3-13(8-9-18)5-7-15(19)11-14-6-4-12(2)10-16(14)17/h4,6,10,13H,3,5,7-9,11,18H2,1-2H3. The van der Waals surface area contributed by atoms with Crippen LogP contribution in [0.4, 0.5) is 0 Å². The summed E-state index contributed by atoms with van der Waals surface area (Å²) in [6, 6.07) is 5.86. The second-order valence-electron chi connectivity index (χ2n) is 5.20. The van der Waals surface area contributed by atoms with Crippen LogP contribution in [0.1, 0.15) is 43.7 Å². The van der Waals surface area contributed by atoms with Gasteiger partial charge in [0.05, 0.1) is 0 Å². The predicted octanol–water partition coefficient (Wildman–Crippen LogP) is 3.92. The van der Waals surface area contributed by atoms with Crippen molar-refractivity contribution < 1.29 is 4.79 Å². The SMILES string of the molecule is CCC(CCN)CCC(=O)Cc1ccc(C)cc1Cl. The molecule has 0 saturated carbocycles. The van der Waals surface area contributed by atoms with Crippen LogP contribution in [0.25, 0.3) is 0 Å². The fourth-order valence-electron chi connectivity index (χ4n) is 2.25. The summed E-state index contributed by atoms with van der Waals surface area (Å²) in [6.07, 6.45) is 4.11. The molecular weight excluding hydrogens is 258 g/mol.